The Morgan fingerprint density at radius 1 is 1.47 bits per heavy atom. The van der Waals surface area contributed by atoms with Gasteiger partial charge < -0.3 is 9.84 Å². The number of aromatic nitrogens is 1. The van der Waals surface area contributed by atoms with Crippen molar-refractivity contribution in [2.24, 2.45) is 5.92 Å². The van der Waals surface area contributed by atoms with E-state index in [1.807, 2.05) is 32.9 Å². The molecule has 1 aromatic heterocycles. The Hall–Kier alpha value is -1.62. The number of carboxylic acid groups (broad SMARTS) is 1. The molecule has 0 aromatic carbocycles. The van der Waals surface area contributed by atoms with Gasteiger partial charge in [0.25, 0.3) is 0 Å². The van der Waals surface area contributed by atoms with E-state index in [0.29, 0.717) is 31.4 Å². The van der Waals surface area contributed by atoms with Gasteiger partial charge in [-0.15, -0.1) is 0 Å². The molecule has 5 nitrogen and oxygen atoms in total. The zero-order chi connectivity index (χ0) is 14.3. The molecular weight excluding hydrogens is 244 g/mol. The molecular formula is C14H22N2O3. The number of aliphatic carboxylic acids is 1. The van der Waals surface area contributed by atoms with Crippen molar-refractivity contribution < 1.29 is 14.6 Å². The van der Waals surface area contributed by atoms with Gasteiger partial charge in [0.1, 0.15) is 6.04 Å². The molecule has 5 heteroatoms. The van der Waals surface area contributed by atoms with Gasteiger partial charge in [-0.05, 0) is 25.3 Å². The van der Waals surface area contributed by atoms with Crippen LogP contribution in [0.3, 0.4) is 0 Å². The van der Waals surface area contributed by atoms with E-state index in [-0.39, 0.29) is 0 Å². The third-order valence-electron chi connectivity index (χ3n) is 2.61. The van der Waals surface area contributed by atoms with Gasteiger partial charge in [-0.25, -0.2) is 4.98 Å². The Labute approximate surface area is 114 Å². The highest BCUT2D eigenvalue weighted by Crippen LogP contribution is 2.09. The van der Waals surface area contributed by atoms with Crippen molar-refractivity contribution in [3.63, 3.8) is 0 Å². The minimum atomic E-state index is -0.824. The van der Waals surface area contributed by atoms with Crippen LogP contribution in [-0.2, 0) is 11.3 Å². The van der Waals surface area contributed by atoms with Crippen molar-refractivity contribution in [2.45, 2.75) is 39.8 Å². The Balaban J connectivity index is 2.58. The monoisotopic (exact) mass is 266 g/mol. The highest BCUT2D eigenvalue weighted by molar-refractivity contribution is 5.73. The Morgan fingerprint density at radius 3 is 2.79 bits per heavy atom. The molecule has 0 amide bonds. The second kappa shape index (κ2) is 7.74. The first-order valence-electron chi connectivity index (χ1n) is 6.57. The maximum atomic E-state index is 11.1. The summed E-state index contributed by atoms with van der Waals surface area (Å²) in [6.07, 6.45) is 0.598. The number of hydrogen-bond acceptors (Lipinski definition) is 4. The first-order valence-corrected chi connectivity index (χ1v) is 6.57. The lowest BCUT2D eigenvalue weighted by Gasteiger charge is -2.16. The van der Waals surface area contributed by atoms with Crippen LogP contribution in [0, 0.1) is 5.92 Å². The Kier molecular flexibility index (Phi) is 6.29. The standard InChI is InChI=1S/C14H22N2O3/c1-4-19-13-7-5-6-11(16-13)9-15-12(14(17)18)8-10(2)3/h5-7,10,12,15H,4,8-9H2,1-3H3,(H,17,18). The van der Waals surface area contributed by atoms with Crippen LogP contribution in [0.5, 0.6) is 5.88 Å². The molecule has 19 heavy (non-hydrogen) atoms. The third kappa shape index (κ3) is 5.70. The molecule has 2 N–H and O–H groups in total. The van der Waals surface area contributed by atoms with Crippen LogP contribution < -0.4 is 10.1 Å². The van der Waals surface area contributed by atoms with Gasteiger partial charge in [-0.1, -0.05) is 19.9 Å². The molecule has 1 unspecified atom stereocenters. The zero-order valence-electron chi connectivity index (χ0n) is 11.7. The lowest BCUT2D eigenvalue weighted by Crippen LogP contribution is -2.37. The summed E-state index contributed by atoms with van der Waals surface area (Å²) in [5.41, 5.74) is 0.779. The lowest BCUT2D eigenvalue weighted by atomic mass is 10.0. The maximum Gasteiger partial charge on any atom is 0.320 e. The summed E-state index contributed by atoms with van der Waals surface area (Å²) in [7, 11) is 0. The van der Waals surface area contributed by atoms with Crippen LogP contribution in [0.4, 0.5) is 0 Å². The van der Waals surface area contributed by atoms with E-state index in [0.717, 1.165) is 5.69 Å². The smallest absolute Gasteiger partial charge is 0.320 e. The average molecular weight is 266 g/mol. The minimum Gasteiger partial charge on any atom is -0.480 e. The van der Waals surface area contributed by atoms with E-state index in [9.17, 15) is 4.79 Å². The molecule has 1 atom stereocenters. The fraction of sp³-hybridized carbons (Fsp3) is 0.571. The molecule has 0 saturated heterocycles. The largest absolute Gasteiger partial charge is 0.480 e. The first kappa shape index (κ1) is 15.4. The fourth-order valence-corrected chi connectivity index (χ4v) is 1.75. The van der Waals surface area contributed by atoms with E-state index in [1.54, 1.807) is 6.07 Å². The molecule has 1 heterocycles. The maximum absolute atomic E-state index is 11.1. The summed E-state index contributed by atoms with van der Waals surface area (Å²) in [5.74, 6) is 0.0727. The van der Waals surface area contributed by atoms with Crippen LogP contribution in [0.15, 0.2) is 18.2 Å². The molecule has 106 valence electrons. The van der Waals surface area contributed by atoms with E-state index in [4.69, 9.17) is 9.84 Å². The third-order valence-corrected chi connectivity index (χ3v) is 2.61. The summed E-state index contributed by atoms with van der Waals surface area (Å²) in [6.45, 7) is 6.90. The molecule has 0 aliphatic heterocycles. The van der Waals surface area contributed by atoms with Crippen LogP contribution in [-0.4, -0.2) is 28.7 Å². The quantitative estimate of drug-likeness (QED) is 0.753. The minimum absolute atomic E-state index is 0.330. The zero-order valence-corrected chi connectivity index (χ0v) is 11.7. The SMILES string of the molecule is CCOc1cccc(CNC(CC(C)C)C(=O)O)n1. The molecule has 0 radical (unpaired) electrons. The number of hydrogen-bond donors (Lipinski definition) is 2. The van der Waals surface area contributed by atoms with Crippen molar-refractivity contribution >= 4 is 5.97 Å². The van der Waals surface area contributed by atoms with Crippen molar-refractivity contribution in [3.05, 3.63) is 23.9 Å². The second-order valence-corrected chi connectivity index (χ2v) is 4.80. The van der Waals surface area contributed by atoms with Crippen LogP contribution >= 0.6 is 0 Å². The normalized spacial score (nSPS) is 12.4. The highest BCUT2D eigenvalue weighted by atomic mass is 16.5. The Bertz CT molecular complexity index is 407. The predicted octanol–water partition coefficient (Wildman–Crippen LogP) is 2.07. The number of carbonyl (C=O) groups is 1. The van der Waals surface area contributed by atoms with Crippen molar-refractivity contribution in [1.82, 2.24) is 10.3 Å². The van der Waals surface area contributed by atoms with Crippen LogP contribution in [0.25, 0.3) is 0 Å². The summed E-state index contributed by atoms with van der Waals surface area (Å²) in [4.78, 5) is 15.4. The number of nitrogens with zero attached hydrogens (tertiary/aromatic N) is 1. The van der Waals surface area contributed by atoms with Crippen molar-refractivity contribution in [3.8, 4) is 5.88 Å². The molecule has 0 aliphatic rings. The second-order valence-electron chi connectivity index (χ2n) is 4.80. The fourth-order valence-electron chi connectivity index (χ4n) is 1.75. The van der Waals surface area contributed by atoms with Crippen molar-refractivity contribution in [1.29, 1.82) is 0 Å². The predicted molar refractivity (Wildman–Crippen MR) is 73.1 cm³/mol. The molecule has 0 fully saturated rings. The summed E-state index contributed by atoms with van der Waals surface area (Å²) in [6, 6.07) is 4.95. The van der Waals surface area contributed by atoms with Gasteiger partial charge in [-0.3, -0.25) is 10.1 Å². The lowest BCUT2D eigenvalue weighted by molar-refractivity contribution is -0.140. The topological polar surface area (TPSA) is 71.5 Å². The number of rotatable bonds is 8. The highest BCUT2D eigenvalue weighted by Gasteiger charge is 2.18. The molecule has 1 aromatic rings. The van der Waals surface area contributed by atoms with Crippen LogP contribution in [0.1, 0.15) is 32.9 Å². The molecule has 1 rings (SSSR count). The number of ether oxygens (including phenoxy) is 1. The summed E-state index contributed by atoms with van der Waals surface area (Å²) in [5, 5.41) is 12.1. The number of pyridine rings is 1. The van der Waals surface area contributed by atoms with E-state index < -0.39 is 12.0 Å². The molecule has 0 aliphatic carbocycles. The summed E-state index contributed by atoms with van der Waals surface area (Å²) < 4.78 is 5.31. The number of carboxylic acids is 1. The van der Waals surface area contributed by atoms with Gasteiger partial charge in [0.15, 0.2) is 0 Å². The van der Waals surface area contributed by atoms with E-state index >= 15 is 0 Å². The van der Waals surface area contributed by atoms with Crippen molar-refractivity contribution in [2.75, 3.05) is 6.61 Å². The van der Waals surface area contributed by atoms with E-state index in [1.165, 1.54) is 0 Å². The van der Waals surface area contributed by atoms with E-state index in [2.05, 4.69) is 10.3 Å². The first-order chi connectivity index (χ1) is 9.02. The van der Waals surface area contributed by atoms with Gasteiger partial charge in [-0.2, -0.15) is 0 Å². The van der Waals surface area contributed by atoms with Gasteiger partial charge in [0, 0.05) is 12.6 Å². The van der Waals surface area contributed by atoms with Gasteiger partial charge in [0.05, 0.1) is 12.3 Å². The Morgan fingerprint density at radius 2 is 2.21 bits per heavy atom. The number of nitrogens with one attached hydrogen (secondary N) is 1. The van der Waals surface area contributed by atoms with Gasteiger partial charge >= 0.3 is 5.97 Å². The molecule has 0 spiro atoms. The summed E-state index contributed by atoms with van der Waals surface area (Å²) >= 11 is 0. The van der Waals surface area contributed by atoms with Crippen LogP contribution in [0.2, 0.25) is 0 Å². The molecule has 0 saturated carbocycles. The average Bonchev–Trinajstić information content (AvgIpc) is 2.34. The molecule has 0 bridgehead atoms. The van der Waals surface area contributed by atoms with Gasteiger partial charge in [0.2, 0.25) is 5.88 Å².